The number of hydrogen-bond acceptors (Lipinski definition) is 4. The predicted molar refractivity (Wildman–Crippen MR) is 83.5 cm³/mol. The van der Waals surface area contributed by atoms with Gasteiger partial charge in [-0.15, -0.1) is 0 Å². The van der Waals surface area contributed by atoms with Crippen molar-refractivity contribution in [1.82, 2.24) is 9.62 Å². The Balaban J connectivity index is 2.07. The van der Waals surface area contributed by atoms with Crippen LogP contribution in [0.1, 0.15) is 36.5 Å². The number of hydrogen-bond donors (Lipinski definition) is 2. The zero-order valence-electron chi connectivity index (χ0n) is 12.7. The molecule has 0 spiro atoms. The van der Waals surface area contributed by atoms with Gasteiger partial charge in [-0.05, 0) is 50.6 Å². The van der Waals surface area contributed by atoms with E-state index in [1.807, 2.05) is 6.92 Å². The Labute approximate surface area is 131 Å². The van der Waals surface area contributed by atoms with E-state index >= 15 is 0 Å². The van der Waals surface area contributed by atoms with Gasteiger partial charge >= 0.3 is 5.97 Å². The van der Waals surface area contributed by atoms with Crippen molar-refractivity contribution in [1.29, 1.82) is 0 Å². The number of carbonyl (C=O) groups is 1. The van der Waals surface area contributed by atoms with Gasteiger partial charge in [0.25, 0.3) is 0 Å². The third-order valence-electron chi connectivity index (χ3n) is 4.03. The van der Waals surface area contributed by atoms with Gasteiger partial charge in [-0.25, -0.2) is 17.9 Å². The molecule has 22 heavy (non-hydrogen) atoms. The van der Waals surface area contributed by atoms with E-state index in [1.165, 1.54) is 24.3 Å². The first kappa shape index (κ1) is 16.9. The average molecular weight is 326 g/mol. The highest BCUT2D eigenvalue weighted by molar-refractivity contribution is 7.89. The highest BCUT2D eigenvalue weighted by atomic mass is 32.2. The molecule has 2 N–H and O–H groups in total. The smallest absolute Gasteiger partial charge is 0.335 e. The van der Waals surface area contributed by atoms with Gasteiger partial charge in [0.1, 0.15) is 0 Å². The Bertz CT molecular complexity index is 624. The van der Waals surface area contributed by atoms with Gasteiger partial charge in [-0.3, -0.25) is 4.90 Å². The van der Waals surface area contributed by atoms with E-state index in [0.29, 0.717) is 6.54 Å². The second kappa shape index (κ2) is 7.21. The van der Waals surface area contributed by atoms with Crippen LogP contribution in [-0.2, 0) is 10.0 Å². The Morgan fingerprint density at radius 1 is 1.36 bits per heavy atom. The number of carboxylic acid groups (broad SMARTS) is 1. The Morgan fingerprint density at radius 2 is 2.05 bits per heavy atom. The van der Waals surface area contributed by atoms with Crippen molar-refractivity contribution < 1.29 is 18.3 Å². The zero-order valence-corrected chi connectivity index (χ0v) is 13.5. The van der Waals surface area contributed by atoms with E-state index in [9.17, 15) is 13.2 Å². The minimum atomic E-state index is -3.69. The number of likely N-dealkylation sites (tertiary alicyclic amines) is 1. The van der Waals surface area contributed by atoms with Crippen LogP contribution in [0.25, 0.3) is 0 Å². The third-order valence-corrected chi connectivity index (χ3v) is 5.45. The molecule has 0 aliphatic carbocycles. The van der Waals surface area contributed by atoms with E-state index in [0.717, 1.165) is 32.4 Å². The summed E-state index contributed by atoms with van der Waals surface area (Å²) in [5.74, 6) is -1.14. The second-order valence-corrected chi connectivity index (χ2v) is 7.26. The predicted octanol–water partition coefficient (Wildman–Crippen LogP) is 1.54. The molecule has 0 radical (unpaired) electrons. The van der Waals surface area contributed by atoms with Gasteiger partial charge in [0, 0.05) is 12.6 Å². The molecule has 6 nitrogen and oxygen atoms in total. The highest BCUT2D eigenvalue weighted by Gasteiger charge is 2.23. The lowest BCUT2D eigenvalue weighted by Crippen LogP contribution is -2.42. The molecule has 1 fully saturated rings. The molecule has 0 saturated carbocycles. The fraction of sp³-hybridized carbons (Fsp3) is 0.533. The Morgan fingerprint density at radius 3 is 2.64 bits per heavy atom. The second-order valence-electron chi connectivity index (χ2n) is 5.49. The maximum Gasteiger partial charge on any atom is 0.335 e. The van der Waals surface area contributed by atoms with Crippen molar-refractivity contribution in [3.63, 3.8) is 0 Å². The van der Waals surface area contributed by atoms with Gasteiger partial charge in [0.2, 0.25) is 10.0 Å². The van der Waals surface area contributed by atoms with Crippen molar-refractivity contribution in [3.8, 4) is 0 Å². The number of rotatable bonds is 7. The topological polar surface area (TPSA) is 86.7 Å². The van der Waals surface area contributed by atoms with E-state index in [2.05, 4.69) is 9.62 Å². The van der Waals surface area contributed by atoms with Crippen molar-refractivity contribution in [2.24, 2.45) is 0 Å². The van der Waals surface area contributed by atoms with Gasteiger partial charge < -0.3 is 5.11 Å². The van der Waals surface area contributed by atoms with Crippen molar-refractivity contribution in [2.45, 2.75) is 37.1 Å². The number of nitrogens with one attached hydrogen (secondary N) is 1. The maximum atomic E-state index is 12.3. The molecular weight excluding hydrogens is 304 g/mol. The molecule has 1 saturated heterocycles. The summed E-state index contributed by atoms with van der Waals surface area (Å²) in [6.07, 6.45) is 3.19. The fourth-order valence-electron chi connectivity index (χ4n) is 2.72. The summed E-state index contributed by atoms with van der Waals surface area (Å²) < 4.78 is 27.2. The summed E-state index contributed by atoms with van der Waals surface area (Å²) in [6, 6.07) is 5.59. The maximum absolute atomic E-state index is 12.3. The van der Waals surface area contributed by atoms with Crippen LogP contribution in [0.4, 0.5) is 0 Å². The lowest BCUT2D eigenvalue weighted by Gasteiger charge is -2.26. The quantitative estimate of drug-likeness (QED) is 0.793. The molecule has 1 unspecified atom stereocenters. The van der Waals surface area contributed by atoms with Crippen LogP contribution in [-0.4, -0.2) is 50.1 Å². The van der Waals surface area contributed by atoms with E-state index in [-0.39, 0.29) is 16.5 Å². The molecule has 7 heteroatoms. The van der Waals surface area contributed by atoms with Crippen molar-refractivity contribution >= 4 is 16.0 Å². The molecule has 0 aromatic heterocycles. The summed E-state index contributed by atoms with van der Waals surface area (Å²) in [6.45, 7) is 4.40. The summed E-state index contributed by atoms with van der Waals surface area (Å²) in [5.41, 5.74) is -0.0329. The minimum Gasteiger partial charge on any atom is -0.478 e. The molecule has 1 aromatic carbocycles. The van der Waals surface area contributed by atoms with Gasteiger partial charge in [0.05, 0.1) is 10.5 Å². The van der Waals surface area contributed by atoms with Gasteiger partial charge in [-0.1, -0.05) is 13.0 Å². The number of sulfonamides is 1. The minimum absolute atomic E-state index is 0.0105. The number of aromatic carboxylic acids is 1. The van der Waals surface area contributed by atoms with E-state index in [4.69, 9.17) is 5.11 Å². The van der Waals surface area contributed by atoms with E-state index < -0.39 is 16.0 Å². The van der Waals surface area contributed by atoms with Crippen LogP contribution < -0.4 is 4.72 Å². The molecule has 2 rings (SSSR count). The van der Waals surface area contributed by atoms with Crippen molar-refractivity contribution in [3.05, 3.63) is 29.8 Å². The molecule has 1 heterocycles. The highest BCUT2D eigenvalue weighted by Crippen LogP contribution is 2.15. The van der Waals surface area contributed by atoms with Gasteiger partial charge in [0.15, 0.2) is 0 Å². The monoisotopic (exact) mass is 326 g/mol. The van der Waals surface area contributed by atoms with Crippen LogP contribution in [0.15, 0.2) is 29.2 Å². The first-order valence-electron chi connectivity index (χ1n) is 7.51. The molecule has 0 bridgehead atoms. The SMILES string of the molecule is CCC(CNS(=O)(=O)c1cccc(C(=O)O)c1)N1CCCC1. The zero-order chi connectivity index (χ0) is 16.2. The largest absolute Gasteiger partial charge is 0.478 e. The lowest BCUT2D eigenvalue weighted by molar-refractivity contribution is 0.0696. The van der Waals surface area contributed by atoms with Crippen molar-refractivity contribution in [2.75, 3.05) is 19.6 Å². The fourth-order valence-corrected chi connectivity index (χ4v) is 3.84. The summed E-state index contributed by atoms with van der Waals surface area (Å²) in [4.78, 5) is 13.2. The van der Waals surface area contributed by atoms with Crippen LogP contribution in [0, 0.1) is 0 Å². The number of nitrogens with zero attached hydrogens (tertiary/aromatic N) is 1. The van der Waals surface area contributed by atoms with E-state index in [1.54, 1.807) is 0 Å². The summed E-state index contributed by atoms with van der Waals surface area (Å²) in [5, 5.41) is 8.95. The summed E-state index contributed by atoms with van der Waals surface area (Å²) in [7, 11) is -3.69. The van der Waals surface area contributed by atoms with Crippen LogP contribution in [0.5, 0.6) is 0 Å². The standard InChI is InChI=1S/C15H22N2O4S/c1-2-13(17-8-3-4-9-17)11-16-22(20,21)14-7-5-6-12(10-14)15(18)19/h5-7,10,13,16H,2-4,8-9,11H2,1H3,(H,18,19). The summed E-state index contributed by atoms with van der Waals surface area (Å²) >= 11 is 0. The third kappa shape index (κ3) is 4.06. The lowest BCUT2D eigenvalue weighted by atomic mass is 10.2. The molecule has 1 atom stereocenters. The molecule has 0 amide bonds. The first-order chi connectivity index (χ1) is 10.4. The Hall–Kier alpha value is -1.44. The molecule has 1 aliphatic rings. The molecule has 122 valence electrons. The first-order valence-corrected chi connectivity index (χ1v) is 8.99. The van der Waals surface area contributed by atoms with Crippen LogP contribution in [0.3, 0.4) is 0 Å². The molecular formula is C15H22N2O4S. The molecule has 1 aromatic rings. The average Bonchev–Trinajstić information content (AvgIpc) is 3.02. The van der Waals surface area contributed by atoms with Crippen LogP contribution >= 0.6 is 0 Å². The number of carboxylic acids is 1. The normalized spacial score (nSPS) is 17.5. The molecule has 1 aliphatic heterocycles. The van der Waals surface area contributed by atoms with Gasteiger partial charge in [-0.2, -0.15) is 0 Å². The Kier molecular flexibility index (Phi) is 5.55. The van der Waals surface area contributed by atoms with Crippen LogP contribution in [0.2, 0.25) is 0 Å². The number of benzene rings is 1.